The van der Waals surface area contributed by atoms with Crippen LogP contribution in [-0.2, 0) is 6.42 Å². The molecule has 0 saturated heterocycles. The molecule has 0 spiro atoms. The van der Waals surface area contributed by atoms with E-state index in [0.717, 1.165) is 39.4 Å². The molecular formula is C55H36Cl3N7. The van der Waals surface area contributed by atoms with Crippen molar-refractivity contribution in [2.75, 3.05) is 0 Å². The highest BCUT2D eigenvalue weighted by Crippen LogP contribution is 2.39. The lowest BCUT2D eigenvalue weighted by Crippen LogP contribution is -2.04. The molecule has 1 aliphatic rings. The number of benzene rings is 8. The van der Waals surface area contributed by atoms with E-state index < -0.39 is 0 Å². The van der Waals surface area contributed by atoms with Crippen molar-refractivity contribution in [2.24, 2.45) is 0 Å². The van der Waals surface area contributed by atoms with Gasteiger partial charge in [-0.15, -0.1) is 0 Å². The summed E-state index contributed by atoms with van der Waals surface area (Å²) < 4.78 is 2.06. The number of aromatic nitrogens is 7. The van der Waals surface area contributed by atoms with Gasteiger partial charge in [0, 0.05) is 21.9 Å². The minimum absolute atomic E-state index is 0.101. The summed E-state index contributed by atoms with van der Waals surface area (Å²) in [5, 5.41) is 2.64. The molecule has 8 aromatic carbocycles. The highest BCUT2D eigenvalue weighted by atomic mass is 35.5. The molecule has 11 aromatic rings. The van der Waals surface area contributed by atoms with Gasteiger partial charge in [-0.2, -0.15) is 29.9 Å². The molecule has 10 heteroatoms. The second kappa shape index (κ2) is 18.7. The maximum absolute atomic E-state index is 6.35. The summed E-state index contributed by atoms with van der Waals surface area (Å²) in [4.78, 5) is 25.2. The van der Waals surface area contributed by atoms with Crippen molar-refractivity contribution in [3.8, 4) is 62.1 Å². The second-order valence-electron chi connectivity index (χ2n) is 15.2. The summed E-state index contributed by atoms with van der Waals surface area (Å²) in [6.07, 6.45) is 1.07. The Bertz CT molecular complexity index is 3420. The van der Waals surface area contributed by atoms with Crippen LogP contribution in [0.1, 0.15) is 11.1 Å². The molecule has 0 amide bonds. The predicted octanol–water partition coefficient (Wildman–Crippen LogP) is 14.7. The van der Waals surface area contributed by atoms with Crippen molar-refractivity contribution >= 4 is 56.6 Å². The van der Waals surface area contributed by atoms with Crippen molar-refractivity contribution in [3.05, 3.63) is 233 Å². The first-order valence-corrected chi connectivity index (χ1v) is 22.0. The molecular weight excluding hydrogens is 865 g/mol. The molecule has 1 aliphatic carbocycles. The monoisotopic (exact) mass is 899 g/mol. The van der Waals surface area contributed by atoms with Crippen LogP contribution in [0.3, 0.4) is 0 Å². The Morgan fingerprint density at radius 1 is 0.323 bits per heavy atom. The summed E-state index contributed by atoms with van der Waals surface area (Å²) in [6.45, 7) is 0. The van der Waals surface area contributed by atoms with Crippen molar-refractivity contribution in [1.29, 1.82) is 0 Å². The van der Waals surface area contributed by atoms with Gasteiger partial charge in [0.05, 0.1) is 11.0 Å². The van der Waals surface area contributed by atoms with Crippen molar-refractivity contribution in [3.63, 3.8) is 0 Å². The van der Waals surface area contributed by atoms with Crippen LogP contribution < -0.4 is 0 Å². The van der Waals surface area contributed by atoms with E-state index in [1.54, 1.807) is 0 Å². The largest absolute Gasteiger partial charge is 0.278 e. The zero-order valence-corrected chi connectivity index (χ0v) is 36.9. The van der Waals surface area contributed by atoms with Gasteiger partial charge < -0.3 is 0 Å². The van der Waals surface area contributed by atoms with Crippen LogP contribution in [0.15, 0.2) is 206 Å². The summed E-state index contributed by atoms with van der Waals surface area (Å²) in [7, 11) is 0. The fraction of sp³-hybridized carbons (Fsp3) is 0.0182. The Balaban J connectivity index is 0.000000127. The molecule has 312 valence electrons. The molecule has 0 unspecified atom stereocenters. The summed E-state index contributed by atoms with van der Waals surface area (Å²) in [6, 6.07) is 70.6. The number of para-hydroxylation sites is 1. The van der Waals surface area contributed by atoms with E-state index in [2.05, 4.69) is 163 Å². The van der Waals surface area contributed by atoms with E-state index in [0.29, 0.717) is 17.6 Å². The van der Waals surface area contributed by atoms with Gasteiger partial charge >= 0.3 is 0 Å². The van der Waals surface area contributed by atoms with Crippen LogP contribution in [0.25, 0.3) is 83.9 Å². The van der Waals surface area contributed by atoms with Crippen LogP contribution >= 0.6 is 34.8 Å². The molecule has 3 heterocycles. The Hall–Kier alpha value is -7.55. The Kier molecular flexibility index (Phi) is 11.9. The maximum Gasteiger partial charge on any atom is 0.239 e. The number of fused-ring (bicyclic) bond motifs is 6. The average Bonchev–Trinajstić information content (AvgIpc) is 3.90. The lowest BCUT2D eigenvalue weighted by Gasteiger charge is -2.08. The second-order valence-corrected chi connectivity index (χ2v) is 16.2. The molecule has 12 rings (SSSR count). The van der Waals surface area contributed by atoms with Gasteiger partial charge in [0.2, 0.25) is 21.8 Å². The van der Waals surface area contributed by atoms with Gasteiger partial charge in [0.25, 0.3) is 0 Å². The molecule has 0 bridgehead atoms. The highest BCUT2D eigenvalue weighted by molar-refractivity contribution is 6.31. The number of halogens is 3. The van der Waals surface area contributed by atoms with E-state index in [9.17, 15) is 0 Å². The molecule has 0 atom stereocenters. The molecule has 0 fully saturated rings. The molecule has 3 aromatic heterocycles. The number of nitrogens with zero attached hydrogens (tertiary/aromatic N) is 7. The van der Waals surface area contributed by atoms with Gasteiger partial charge in [0.15, 0.2) is 11.6 Å². The first-order chi connectivity index (χ1) is 31.9. The third-order valence-electron chi connectivity index (χ3n) is 11.1. The van der Waals surface area contributed by atoms with E-state index in [1.165, 1.54) is 44.5 Å². The summed E-state index contributed by atoms with van der Waals surface area (Å²) in [5.74, 6) is 1.53. The van der Waals surface area contributed by atoms with Gasteiger partial charge in [-0.3, -0.25) is 4.57 Å². The zero-order chi connectivity index (χ0) is 44.1. The minimum Gasteiger partial charge on any atom is -0.278 e. The molecule has 0 saturated carbocycles. The third-order valence-corrected chi connectivity index (χ3v) is 11.6. The number of hydrogen-bond acceptors (Lipinski definition) is 6. The lowest BCUT2D eigenvalue weighted by atomic mass is 9.99. The fourth-order valence-corrected chi connectivity index (χ4v) is 8.65. The molecule has 0 radical (unpaired) electrons. The SMILES string of the molecule is Clc1nc(-c2ccccc2)nc(-n2c3ccccc3c3cc(-c4ccccc4)ccc32)n1.Clc1nc(Cl)nc(-c2ccccc2)n1.c1ccc(-c2ccc3c(c2)-c2ccccc2C3)cc1. The average molecular weight is 901 g/mol. The maximum atomic E-state index is 6.35. The number of hydrogen-bond donors (Lipinski definition) is 0. The van der Waals surface area contributed by atoms with Gasteiger partial charge in [0.1, 0.15) is 0 Å². The molecule has 7 nitrogen and oxygen atoms in total. The van der Waals surface area contributed by atoms with Gasteiger partial charge in [-0.05, 0) is 110 Å². The van der Waals surface area contributed by atoms with Crippen LogP contribution in [0.5, 0.6) is 0 Å². The van der Waals surface area contributed by atoms with Gasteiger partial charge in [-0.25, -0.2) is 0 Å². The van der Waals surface area contributed by atoms with E-state index in [-0.39, 0.29) is 15.9 Å². The topological polar surface area (TPSA) is 82.3 Å². The van der Waals surface area contributed by atoms with Crippen LogP contribution in [0.4, 0.5) is 0 Å². The minimum atomic E-state index is 0.101. The van der Waals surface area contributed by atoms with E-state index in [4.69, 9.17) is 39.8 Å². The Morgan fingerprint density at radius 3 is 1.42 bits per heavy atom. The predicted molar refractivity (Wildman–Crippen MR) is 265 cm³/mol. The first-order valence-electron chi connectivity index (χ1n) is 20.9. The summed E-state index contributed by atoms with van der Waals surface area (Å²) in [5.41, 5.74) is 14.4. The van der Waals surface area contributed by atoms with Gasteiger partial charge in [-0.1, -0.05) is 182 Å². The van der Waals surface area contributed by atoms with Crippen molar-refractivity contribution in [2.45, 2.75) is 6.42 Å². The smallest absolute Gasteiger partial charge is 0.239 e. The molecule has 65 heavy (non-hydrogen) atoms. The number of rotatable bonds is 5. The molecule has 0 aliphatic heterocycles. The Labute approximate surface area is 390 Å². The lowest BCUT2D eigenvalue weighted by molar-refractivity contribution is 0.947. The van der Waals surface area contributed by atoms with Crippen LogP contribution in [-0.4, -0.2) is 34.5 Å². The summed E-state index contributed by atoms with van der Waals surface area (Å²) >= 11 is 17.7. The van der Waals surface area contributed by atoms with Crippen LogP contribution in [0, 0.1) is 0 Å². The first kappa shape index (κ1) is 41.5. The normalized spacial score (nSPS) is 11.2. The third kappa shape index (κ3) is 8.99. The van der Waals surface area contributed by atoms with Crippen molar-refractivity contribution in [1.82, 2.24) is 34.5 Å². The van der Waals surface area contributed by atoms with Crippen molar-refractivity contribution < 1.29 is 0 Å². The van der Waals surface area contributed by atoms with E-state index >= 15 is 0 Å². The Morgan fingerprint density at radius 2 is 0.785 bits per heavy atom. The molecule has 0 N–H and O–H groups in total. The quantitative estimate of drug-likeness (QED) is 0.171. The fourth-order valence-electron chi connectivity index (χ4n) is 8.13. The standard InChI is InChI=1S/C27H17ClN4.C19H14.C9H5Cl2N3/c28-26-29-25(19-11-5-2-6-12-19)30-27(31-26)32-23-14-8-7-13-21(23)22-17-20(15-16-24(22)32)18-9-3-1-4-10-18;1-2-6-14(7-3-1)15-10-11-17-12-16-8-4-5-9-18(16)19(17)13-15;10-8-12-7(13-9(11)14-8)6-4-2-1-3-5-6/h1-17H;1-11,13H,12H2;1-5H. The van der Waals surface area contributed by atoms with E-state index in [1.807, 2.05) is 72.8 Å². The van der Waals surface area contributed by atoms with Crippen LogP contribution in [0.2, 0.25) is 15.9 Å². The zero-order valence-electron chi connectivity index (χ0n) is 34.6. The highest BCUT2D eigenvalue weighted by Gasteiger charge is 2.19.